The number of benzene rings is 1. The first-order valence-electron chi connectivity index (χ1n) is 8.60. The van der Waals surface area contributed by atoms with Gasteiger partial charge in [-0.1, -0.05) is 18.2 Å². The minimum atomic E-state index is -3.23. The van der Waals surface area contributed by atoms with Gasteiger partial charge in [-0.25, -0.2) is 12.7 Å². The Kier molecular flexibility index (Phi) is 6.04. The number of nitrogens with one attached hydrogen (secondary N) is 1. The Hall–Kier alpha value is -1.40. The number of hydrogen-bond acceptors (Lipinski definition) is 3. The van der Waals surface area contributed by atoms with Gasteiger partial charge < -0.3 is 5.32 Å². The molecule has 5 nitrogen and oxygen atoms in total. The van der Waals surface area contributed by atoms with E-state index in [1.807, 2.05) is 13.0 Å². The second-order valence-corrected chi connectivity index (χ2v) is 8.93. The zero-order valence-electron chi connectivity index (χ0n) is 15.0. The van der Waals surface area contributed by atoms with E-state index in [9.17, 15) is 13.2 Å². The first kappa shape index (κ1) is 18.9. The molecule has 24 heavy (non-hydrogen) atoms. The number of carbonyl (C=O) groups is 1. The highest BCUT2D eigenvalue weighted by Crippen LogP contribution is 2.22. The molecule has 1 aromatic rings. The Balaban J connectivity index is 2.02. The van der Waals surface area contributed by atoms with Crippen LogP contribution in [0.1, 0.15) is 49.4 Å². The van der Waals surface area contributed by atoms with Crippen LogP contribution in [0, 0.1) is 19.8 Å². The molecule has 6 heteroatoms. The third-order valence-corrected chi connectivity index (χ3v) is 6.75. The topological polar surface area (TPSA) is 66.5 Å². The van der Waals surface area contributed by atoms with E-state index in [1.54, 1.807) is 6.92 Å². The summed E-state index contributed by atoms with van der Waals surface area (Å²) in [6, 6.07) is 6.09. The van der Waals surface area contributed by atoms with E-state index >= 15 is 0 Å². The number of rotatable bonds is 5. The molecule has 0 spiro atoms. The molecule has 2 atom stereocenters. The van der Waals surface area contributed by atoms with Gasteiger partial charge in [-0.2, -0.15) is 0 Å². The predicted molar refractivity (Wildman–Crippen MR) is 96.2 cm³/mol. The monoisotopic (exact) mass is 352 g/mol. The summed E-state index contributed by atoms with van der Waals surface area (Å²) in [7, 11) is -3.23. The van der Waals surface area contributed by atoms with Crippen molar-refractivity contribution in [3.63, 3.8) is 0 Å². The predicted octanol–water partition coefficient (Wildman–Crippen LogP) is 2.54. The van der Waals surface area contributed by atoms with Gasteiger partial charge in [-0.3, -0.25) is 4.79 Å². The number of piperidine rings is 1. The maximum atomic E-state index is 12.6. The molecule has 0 radical (unpaired) electrons. The first-order chi connectivity index (χ1) is 11.2. The van der Waals surface area contributed by atoms with Gasteiger partial charge in [0.15, 0.2) is 0 Å². The molecule has 1 amide bonds. The lowest BCUT2D eigenvalue weighted by Gasteiger charge is -2.31. The van der Waals surface area contributed by atoms with Gasteiger partial charge in [0.05, 0.1) is 17.7 Å². The molecular formula is C18H28N2O3S. The van der Waals surface area contributed by atoms with E-state index in [4.69, 9.17) is 0 Å². The maximum absolute atomic E-state index is 12.6. The molecule has 1 aliphatic heterocycles. The number of aryl methyl sites for hydroxylation is 2. The minimum Gasteiger partial charge on any atom is -0.349 e. The van der Waals surface area contributed by atoms with Crippen LogP contribution in [0.4, 0.5) is 0 Å². The van der Waals surface area contributed by atoms with Crippen LogP contribution in [0.5, 0.6) is 0 Å². The lowest BCUT2D eigenvalue weighted by Crippen LogP contribution is -2.46. The van der Waals surface area contributed by atoms with Gasteiger partial charge in [0, 0.05) is 13.1 Å². The number of sulfonamides is 1. The Labute approximate surface area is 145 Å². The van der Waals surface area contributed by atoms with Gasteiger partial charge in [0.2, 0.25) is 15.9 Å². The second kappa shape index (κ2) is 7.66. The molecule has 1 heterocycles. The van der Waals surface area contributed by atoms with Crippen molar-refractivity contribution < 1.29 is 13.2 Å². The largest absolute Gasteiger partial charge is 0.349 e. The molecule has 0 saturated carbocycles. The van der Waals surface area contributed by atoms with Crippen molar-refractivity contribution in [2.45, 2.75) is 46.6 Å². The van der Waals surface area contributed by atoms with Crippen molar-refractivity contribution in [1.29, 1.82) is 0 Å². The third kappa shape index (κ3) is 4.36. The smallest absolute Gasteiger partial charge is 0.224 e. The summed E-state index contributed by atoms with van der Waals surface area (Å²) in [5.74, 6) is -0.244. The summed E-state index contributed by atoms with van der Waals surface area (Å²) in [6.07, 6.45) is 1.47. The van der Waals surface area contributed by atoms with E-state index in [1.165, 1.54) is 15.4 Å². The van der Waals surface area contributed by atoms with Crippen molar-refractivity contribution in [3.05, 3.63) is 34.9 Å². The third-order valence-electron chi connectivity index (χ3n) is 4.90. The SMILES string of the molecule is CCS(=O)(=O)N1CCC[C@H](C(=O)N[C@H](C)c2ccc(C)c(C)c2)C1. The number of carbonyl (C=O) groups excluding carboxylic acids is 1. The lowest BCUT2D eigenvalue weighted by atomic mass is 9.97. The number of hydrogen-bond donors (Lipinski definition) is 1. The van der Waals surface area contributed by atoms with E-state index in [0.29, 0.717) is 13.1 Å². The van der Waals surface area contributed by atoms with Crippen LogP contribution in [-0.4, -0.2) is 37.5 Å². The molecule has 2 rings (SSSR count). The lowest BCUT2D eigenvalue weighted by molar-refractivity contribution is -0.126. The second-order valence-electron chi connectivity index (χ2n) is 6.67. The van der Waals surface area contributed by atoms with E-state index < -0.39 is 10.0 Å². The highest BCUT2D eigenvalue weighted by molar-refractivity contribution is 7.89. The van der Waals surface area contributed by atoms with Gasteiger partial charge >= 0.3 is 0 Å². The van der Waals surface area contributed by atoms with Crippen LogP contribution in [0.3, 0.4) is 0 Å². The summed E-state index contributed by atoms with van der Waals surface area (Å²) in [5, 5.41) is 3.04. The molecule has 0 aromatic heterocycles. The summed E-state index contributed by atoms with van der Waals surface area (Å²) in [4.78, 5) is 12.6. The van der Waals surface area contributed by atoms with Gasteiger partial charge in [0.1, 0.15) is 0 Å². The standard InChI is InChI=1S/C18H28N2O3S/c1-5-24(22,23)20-10-6-7-17(12-20)18(21)19-15(4)16-9-8-13(2)14(3)11-16/h8-9,11,15,17H,5-7,10,12H2,1-4H3,(H,19,21)/t15-,17+/m1/s1. The van der Waals surface area contributed by atoms with Crippen molar-refractivity contribution in [2.75, 3.05) is 18.8 Å². The van der Waals surface area contributed by atoms with Crippen LogP contribution < -0.4 is 5.32 Å². The molecular weight excluding hydrogens is 324 g/mol. The minimum absolute atomic E-state index is 0.0586. The summed E-state index contributed by atoms with van der Waals surface area (Å²) in [6.45, 7) is 8.54. The Morgan fingerprint density at radius 1 is 1.33 bits per heavy atom. The van der Waals surface area contributed by atoms with Crippen LogP contribution in [0.25, 0.3) is 0 Å². The molecule has 1 fully saturated rings. The van der Waals surface area contributed by atoms with E-state index in [0.717, 1.165) is 18.4 Å². The number of amides is 1. The molecule has 1 N–H and O–H groups in total. The van der Waals surface area contributed by atoms with Crippen LogP contribution in [-0.2, 0) is 14.8 Å². The molecule has 0 bridgehead atoms. The van der Waals surface area contributed by atoms with Gasteiger partial charge in [0.25, 0.3) is 0 Å². The first-order valence-corrected chi connectivity index (χ1v) is 10.2. The van der Waals surface area contributed by atoms with E-state index in [-0.39, 0.29) is 23.6 Å². The number of nitrogens with zero attached hydrogens (tertiary/aromatic N) is 1. The van der Waals surface area contributed by atoms with Crippen molar-refractivity contribution in [2.24, 2.45) is 5.92 Å². The van der Waals surface area contributed by atoms with Crippen LogP contribution in [0.15, 0.2) is 18.2 Å². The highest BCUT2D eigenvalue weighted by Gasteiger charge is 2.31. The Morgan fingerprint density at radius 2 is 2.04 bits per heavy atom. The van der Waals surface area contributed by atoms with Crippen molar-refractivity contribution >= 4 is 15.9 Å². The Morgan fingerprint density at radius 3 is 2.67 bits per heavy atom. The normalized spacial score (nSPS) is 20.6. The van der Waals surface area contributed by atoms with Gasteiger partial charge in [-0.15, -0.1) is 0 Å². The fourth-order valence-corrected chi connectivity index (χ4v) is 4.22. The molecule has 1 aromatic carbocycles. The average Bonchev–Trinajstić information content (AvgIpc) is 2.57. The fourth-order valence-electron chi connectivity index (χ4n) is 3.04. The molecule has 1 aliphatic rings. The summed E-state index contributed by atoms with van der Waals surface area (Å²) in [5.41, 5.74) is 3.50. The summed E-state index contributed by atoms with van der Waals surface area (Å²) < 4.78 is 25.5. The van der Waals surface area contributed by atoms with Crippen molar-refractivity contribution in [3.8, 4) is 0 Å². The highest BCUT2D eigenvalue weighted by atomic mass is 32.2. The Bertz CT molecular complexity index is 700. The zero-order chi connectivity index (χ0) is 17.9. The average molecular weight is 353 g/mol. The molecule has 134 valence electrons. The van der Waals surface area contributed by atoms with E-state index in [2.05, 4.69) is 31.3 Å². The van der Waals surface area contributed by atoms with Crippen LogP contribution >= 0.6 is 0 Å². The van der Waals surface area contributed by atoms with Crippen LogP contribution in [0.2, 0.25) is 0 Å². The molecule has 0 unspecified atom stereocenters. The van der Waals surface area contributed by atoms with Gasteiger partial charge in [-0.05, 0) is 57.2 Å². The summed E-state index contributed by atoms with van der Waals surface area (Å²) >= 11 is 0. The molecule has 0 aliphatic carbocycles. The van der Waals surface area contributed by atoms with Crippen molar-refractivity contribution in [1.82, 2.24) is 9.62 Å². The zero-order valence-corrected chi connectivity index (χ0v) is 15.8. The quantitative estimate of drug-likeness (QED) is 0.885. The maximum Gasteiger partial charge on any atom is 0.224 e. The molecule has 1 saturated heterocycles. The fraction of sp³-hybridized carbons (Fsp3) is 0.611.